The lowest BCUT2D eigenvalue weighted by atomic mass is 9.84. The molecule has 176 valence electrons. The highest BCUT2D eigenvalue weighted by molar-refractivity contribution is 6.36. The van der Waals surface area contributed by atoms with E-state index in [1.165, 1.54) is 17.2 Å². The normalized spacial score (nSPS) is 20.3. The second-order valence-electron chi connectivity index (χ2n) is 9.00. The first-order valence-electron chi connectivity index (χ1n) is 11.3. The van der Waals surface area contributed by atoms with E-state index in [1.807, 2.05) is 6.07 Å². The van der Waals surface area contributed by atoms with E-state index in [1.54, 1.807) is 30.0 Å². The minimum absolute atomic E-state index is 0.131. The maximum absolute atomic E-state index is 13.3. The van der Waals surface area contributed by atoms with Gasteiger partial charge in [-0.2, -0.15) is 0 Å². The summed E-state index contributed by atoms with van der Waals surface area (Å²) in [6.07, 6.45) is 2.53. The second-order valence-corrected chi connectivity index (χ2v) is 9.38. The van der Waals surface area contributed by atoms with E-state index in [2.05, 4.69) is 4.98 Å². The Hall–Kier alpha value is -3.26. The summed E-state index contributed by atoms with van der Waals surface area (Å²) in [4.78, 5) is 36.6. The molecule has 34 heavy (non-hydrogen) atoms. The molecule has 1 aromatic carbocycles. The molecule has 7 nitrogen and oxygen atoms in total. The van der Waals surface area contributed by atoms with Gasteiger partial charge in [-0.25, -0.2) is 9.18 Å². The Labute approximate surface area is 201 Å². The molecular formula is C25H24ClFN4O3. The lowest BCUT2D eigenvalue weighted by Gasteiger charge is -2.38. The Morgan fingerprint density at radius 1 is 1.21 bits per heavy atom. The third-order valence-corrected chi connectivity index (χ3v) is 7.29. The van der Waals surface area contributed by atoms with Crippen molar-refractivity contribution in [2.24, 2.45) is 0 Å². The molecule has 0 saturated carbocycles. The SMILES string of the molecule is C[C@H]1CN(C(=O)c2ccc3c(Cl)c4c(nc3c2)CC(c2ccc(F)cn2)CC4)CCN1C(=O)O. The zero-order valence-corrected chi connectivity index (χ0v) is 19.4. The number of carbonyl (C=O) groups is 2. The summed E-state index contributed by atoms with van der Waals surface area (Å²) in [5.74, 6) is -0.378. The Balaban J connectivity index is 1.42. The van der Waals surface area contributed by atoms with Crippen molar-refractivity contribution < 1.29 is 19.1 Å². The molecule has 5 rings (SSSR count). The number of piperazine rings is 1. The molecule has 0 radical (unpaired) electrons. The maximum Gasteiger partial charge on any atom is 0.407 e. The van der Waals surface area contributed by atoms with Crippen molar-refractivity contribution in [1.82, 2.24) is 19.8 Å². The van der Waals surface area contributed by atoms with Gasteiger partial charge in [-0.1, -0.05) is 17.7 Å². The first kappa shape index (κ1) is 22.5. The number of pyridine rings is 2. The number of aromatic nitrogens is 2. The summed E-state index contributed by atoms with van der Waals surface area (Å²) < 4.78 is 13.3. The summed E-state index contributed by atoms with van der Waals surface area (Å²) >= 11 is 6.76. The van der Waals surface area contributed by atoms with Crippen molar-refractivity contribution in [3.63, 3.8) is 0 Å². The van der Waals surface area contributed by atoms with Crippen molar-refractivity contribution in [3.8, 4) is 0 Å². The Kier molecular flexibility index (Phi) is 5.85. The number of fused-ring (bicyclic) bond motifs is 2. The molecule has 2 aliphatic rings. The molecular weight excluding hydrogens is 459 g/mol. The highest BCUT2D eigenvalue weighted by atomic mass is 35.5. The van der Waals surface area contributed by atoms with Gasteiger partial charge in [0.1, 0.15) is 5.82 Å². The summed E-state index contributed by atoms with van der Waals surface area (Å²) in [5.41, 5.74) is 3.89. The highest BCUT2D eigenvalue weighted by Crippen LogP contribution is 2.37. The van der Waals surface area contributed by atoms with Crippen molar-refractivity contribution in [1.29, 1.82) is 0 Å². The van der Waals surface area contributed by atoms with Crippen LogP contribution in [0.2, 0.25) is 5.02 Å². The monoisotopic (exact) mass is 482 g/mol. The molecule has 2 atom stereocenters. The number of benzene rings is 1. The molecule has 1 N–H and O–H groups in total. The lowest BCUT2D eigenvalue weighted by molar-refractivity contribution is 0.0507. The van der Waals surface area contributed by atoms with Crippen molar-refractivity contribution >= 4 is 34.5 Å². The quantitative estimate of drug-likeness (QED) is 0.580. The van der Waals surface area contributed by atoms with Crippen molar-refractivity contribution in [3.05, 3.63) is 69.9 Å². The molecule has 1 fully saturated rings. The molecule has 3 heterocycles. The Morgan fingerprint density at radius 2 is 2.03 bits per heavy atom. The largest absolute Gasteiger partial charge is 0.465 e. The molecule has 0 spiro atoms. The van der Waals surface area contributed by atoms with Crippen LogP contribution in [0, 0.1) is 5.82 Å². The minimum atomic E-state index is -0.969. The smallest absolute Gasteiger partial charge is 0.407 e. The molecule has 1 saturated heterocycles. The van der Waals surface area contributed by atoms with E-state index in [-0.39, 0.29) is 30.2 Å². The van der Waals surface area contributed by atoms with Crippen LogP contribution >= 0.6 is 11.6 Å². The van der Waals surface area contributed by atoms with Crippen molar-refractivity contribution in [2.75, 3.05) is 19.6 Å². The van der Waals surface area contributed by atoms with Crippen LogP contribution < -0.4 is 0 Å². The van der Waals surface area contributed by atoms with Gasteiger partial charge in [0.2, 0.25) is 0 Å². The molecule has 2 aromatic heterocycles. The van der Waals surface area contributed by atoms with Crippen LogP contribution in [0.4, 0.5) is 9.18 Å². The van der Waals surface area contributed by atoms with Gasteiger partial charge < -0.3 is 14.9 Å². The molecule has 1 aliphatic heterocycles. The average Bonchev–Trinajstić information content (AvgIpc) is 2.83. The summed E-state index contributed by atoms with van der Waals surface area (Å²) in [5, 5.41) is 10.7. The second kappa shape index (κ2) is 8.83. The van der Waals surface area contributed by atoms with Crippen LogP contribution in [0.3, 0.4) is 0 Å². The van der Waals surface area contributed by atoms with E-state index < -0.39 is 6.09 Å². The van der Waals surface area contributed by atoms with Crippen LogP contribution in [0.1, 0.15) is 46.6 Å². The van der Waals surface area contributed by atoms with Gasteiger partial charge in [-0.3, -0.25) is 14.8 Å². The fraction of sp³-hybridized carbons (Fsp3) is 0.360. The standard InChI is InChI=1S/C25H24ClFN4O3/c1-14-13-30(8-9-31(14)25(33)34)24(32)16-3-6-19-22(11-16)29-21-10-15(2-5-18(21)23(19)26)20-7-4-17(27)12-28-20/h3-4,6-7,11-12,14-15H,2,5,8-10,13H2,1H3,(H,33,34)/t14-,15?/m0/s1. The summed E-state index contributed by atoms with van der Waals surface area (Å²) in [6.45, 7) is 2.77. The molecule has 3 aromatic rings. The van der Waals surface area contributed by atoms with Gasteiger partial charge in [-0.05, 0) is 56.0 Å². The number of carboxylic acid groups (broad SMARTS) is 1. The number of hydrogen-bond acceptors (Lipinski definition) is 4. The first-order chi connectivity index (χ1) is 16.3. The van der Waals surface area contributed by atoms with Gasteiger partial charge in [-0.15, -0.1) is 0 Å². The maximum atomic E-state index is 13.3. The lowest BCUT2D eigenvalue weighted by Crippen LogP contribution is -2.55. The van der Waals surface area contributed by atoms with Gasteiger partial charge in [0.15, 0.2) is 0 Å². The zero-order chi connectivity index (χ0) is 24.0. The van der Waals surface area contributed by atoms with Crippen molar-refractivity contribution in [2.45, 2.75) is 38.1 Å². The molecule has 9 heteroatoms. The topological polar surface area (TPSA) is 86.6 Å². The van der Waals surface area contributed by atoms with Gasteiger partial charge in [0.25, 0.3) is 5.91 Å². The van der Waals surface area contributed by atoms with Crippen LogP contribution in [0.5, 0.6) is 0 Å². The molecule has 1 unspecified atom stereocenters. The third kappa shape index (κ3) is 4.07. The van der Waals surface area contributed by atoms with Crippen LogP contribution in [0.15, 0.2) is 36.5 Å². The Morgan fingerprint density at radius 3 is 2.74 bits per heavy atom. The molecule has 0 bridgehead atoms. The van der Waals surface area contributed by atoms with E-state index >= 15 is 0 Å². The van der Waals surface area contributed by atoms with E-state index in [4.69, 9.17) is 16.6 Å². The highest BCUT2D eigenvalue weighted by Gasteiger charge is 2.30. The van der Waals surface area contributed by atoms with E-state index in [0.29, 0.717) is 35.6 Å². The zero-order valence-electron chi connectivity index (χ0n) is 18.7. The molecule has 2 amide bonds. The van der Waals surface area contributed by atoms with E-state index in [0.717, 1.165) is 35.2 Å². The number of carbonyl (C=O) groups excluding carboxylic acids is 1. The summed E-state index contributed by atoms with van der Waals surface area (Å²) in [6, 6.07) is 8.23. The minimum Gasteiger partial charge on any atom is -0.465 e. The van der Waals surface area contributed by atoms with Crippen LogP contribution in [0.25, 0.3) is 10.9 Å². The van der Waals surface area contributed by atoms with Crippen LogP contribution in [-0.4, -0.2) is 62.6 Å². The number of nitrogens with zero attached hydrogens (tertiary/aromatic N) is 4. The number of hydrogen-bond donors (Lipinski definition) is 1. The van der Waals surface area contributed by atoms with Gasteiger partial charge in [0, 0.05) is 53.9 Å². The summed E-state index contributed by atoms with van der Waals surface area (Å²) in [7, 11) is 0. The fourth-order valence-electron chi connectivity index (χ4n) is 5.01. The predicted molar refractivity (Wildman–Crippen MR) is 126 cm³/mol. The van der Waals surface area contributed by atoms with Crippen LogP contribution in [-0.2, 0) is 12.8 Å². The fourth-order valence-corrected chi connectivity index (χ4v) is 5.38. The number of halogens is 2. The molecule has 1 aliphatic carbocycles. The van der Waals surface area contributed by atoms with Gasteiger partial charge in [0.05, 0.1) is 16.7 Å². The van der Waals surface area contributed by atoms with Gasteiger partial charge >= 0.3 is 6.09 Å². The average molecular weight is 483 g/mol. The Bertz CT molecular complexity index is 1280. The predicted octanol–water partition coefficient (Wildman–Crippen LogP) is 4.52. The number of amides is 2. The third-order valence-electron chi connectivity index (χ3n) is 6.86. The van der Waals surface area contributed by atoms with E-state index in [9.17, 15) is 19.1 Å². The number of rotatable bonds is 2. The first-order valence-corrected chi connectivity index (χ1v) is 11.7.